The fraction of sp³-hybridized carbons (Fsp3) is 1.00. The smallest absolute Gasteiger partial charge is 0.0572 e. The molecule has 100 valence electrons. The van der Waals surface area contributed by atoms with Crippen LogP contribution in [0.4, 0.5) is 0 Å². The van der Waals surface area contributed by atoms with Gasteiger partial charge < -0.3 is 10.1 Å². The van der Waals surface area contributed by atoms with Gasteiger partial charge in [-0.15, -0.1) is 0 Å². The zero-order chi connectivity index (χ0) is 12.1. The SMILES string of the molecule is COC1CCC(NCC2(SC)CCCC2)CC1. The Balaban J connectivity index is 1.71. The second kappa shape index (κ2) is 6.44. The lowest BCUT2D eigenvalue weighted by Gasteiger charge is -2.33. The average molecular weight is 257 g/mol. The van der Waals surface area contributed by atoms with E-state index in [-0.39, 0.29) is 0 Å². The van der Waals surface area contributed by atoms with E-state index in [9.17, 15) is 0 Å². The minimum Gasteiger partial charge on any atom is -0.381 e. The molecule has 0 bridgehead atoms. The molecule has 0 aliphatic heterocycles. The molecule has 0 amide bonds. The number of methoxy groups -OCH3 is 1. The quantitative estimate of drug-likeness (QED) is 0.817. The predicted octanol–water partition coefficient (Wildman–Crippen LogP) is 3.21. The molecule has 1 N–H and O–H groups in total. The van der Waals surface area contributed by atoms with E-state index in [0.29, 0.717) is 10.9 Å². The Morgan fingerprint density at radius 2 is 1.82 bits per heavy atom. The molecule has 2 fully saturated rings. The monoisotopic (exact) mass is 257 g/mol. The lowest BCUT2D eigenvalue weighted by molar-refractivity contribution is 0.0623. The van der Waals surface area contributed by atoms with E-state index in [2.05, 4.69) is 23.3 Å². The van der Waals surface area contributed by atoms with E-state index < -0.39 is 0 Å². The van der Waals surface area contributed by atoms with Gasteiger partial charge in [-0.3, -0.25) is 0 Å². The standard InChI is InChI=1S/C14H27NOS/c1-16-13-7-5-12(6-8-13)15-11-14(17-2)9-3-4-10-14/h12-13,15H,3-11H2,1-2H3. The molecule has 2 nitrogen and oxygen atoms in total. The first kappa shape index (κ1) is 13.7. The first-order valence-electron chi connectivity index (χ1n) is 7.09. The molecule has 2 aliphatic rings. The zero-order valence-corrected chi connectivity index (χ0v) is 12.2. The van der Waals surface area contributed by atoms with Crippen LogP contribution in [0.25, 0.3) is 0 Å². The molecule has 0 spiro atoms. The van der Waals surface area contributed by atoms with Crippen LogP contribution in [0.3, 0.4) is 0 Å². The molecule has 0 radical (unpaired) electrons. The number of hydrogen-bond donors (Lipinski definition) is 1. The summed E-state index contributed by atoms with van der Waals surface area (Å²) >= 11 is 2.09. The summed E-state index contributed by atoms with van der Waals surface area (Å²) in [7, 11) is 1.85. The van der Waals surface area contributed by atoms with Crippen LogP contribution in [0, 0.1) is 0 Å². The highest BCUT2D eigenvalue weighted by Gasteiger charge is 2.33. The Kier molecular flexibility index (Phi) is 5.19. The van der Waals surface area contributed by atoms with Crippen LogP contribution in [-0.4, -0.2) is 36.8 Å². The summed E-state index contributed by atoms with van der Waals surface area (Å²) in [5.41, 5.74) is 0. The van der Waals surface area contributed by atoms with Gasteiger partial charge in [0.05, 0.1) is 6.10 Å². The fourth-order valence-electron chi connectivity index (χ4n) is 3.31. The lowest BCUT2D eigenvalue weighted by atomic mass is 9.92. The first-order valence-corrected chi connectivity index (χ1v) is 8.32. The molecule has 0 aromatic rings. The Morgan fingerprint density at radius 1 is 1.18 bits per heavy atom. The van der Waals surface area contributed by atoms with E-state index in [4.69, 9.17) is 4.74 Å². The van der Waals surface area contributed by atoms with Crippen LogP contribution in [0.2, 0.25) is 0 Å². The fourth-order valence-corrected chi connectivity index (χ4v) is 4.23. The lowest BCUT2D eigenvalue weighted by Crippen LogP contribution is -2.43. The minimum atomic E-state index is 0.522. The molecule has 0 aromatic heterocycles. The number of hydrogen-bond acceptors (Lipinski definition) is 3. The molecule has 3 heteroatoms. The van der Waals surface area contributed by atoms with Crippen molar-refractivity contribution in [2.75, 3.05) is 19.9 Å². The van der Waals surface area contributed by atoms with Gasteiger partial charge in [0.2, 0.25) is 0 Å². The van der Waals surface area contributed by atoms with E-state index >= 15 is 0 Å². The molecule has 2 aliphatic carbocycles. The summed E-state index contributed by atoms with van der Waals surface area (Å²) in [6, 6.07) is 0.742. The Bertz CT molecular complexity index is 220. The molecule has 0 atom stereocenters. The maximum Gasteiger partial charge on any atom is 0.0572 e. The second-order valence-corrected chi connectivity index (χ2v) is 6.96. The molecule has 0 heterocycles. The molecule has 17 heavy (non-hydrogen) atoms. The molecule has 0 unspecified atom stereocenters. The first-order chi connectivity index (χ1) is 8.28. The van der Waals surface area contributed by atoms with Crippen molar-refractivity contribution in [3.8, 4) is 0 Å². The van der Waals surface area contributed by atoms with Gasteiger partial charge >= 0.3 is 0 Å². The number of thioether (sulfide) groups is 1. The summed E-state index contributed by atoms with van der Waals surface area (Å²) in [6.07, 6.45) is 13.6. The Morgan fingerprint density at radius 3 is 2.35 bits per heavy atom. The number of rotatable bonds is 5. The van der Waals surface area contributed by atoms with Gasteiger partial charge in [0.15, 0.2) is 0 Å². The summed E-state index contributed by atoms with van der Waals surface area (Å²) in [4.78, 5) is 0. The molecule has 2 saturated carbocycles. The van der Waals surface area contributed by atoms with Crippen molar-refractivity contribution in [1.29, 1.82) is 0 Å². The van der Waals surface area contributed by atoms with Crippen LogP contribution in [0.1, 0.15) is 51.4 Å². The third-order valence-electron chi connectivity index (χ3n) is 4.67. The van der Waals surface area contributed by atoms with Gasteiger partial charge in [-0.2, -0.15) is 11.8 Å². The van der Waals surface area contributed by atoms with Crippen LogP contribution < -0.4 is 5.32 Å². The van der Waals surface area contributed by atoms with Crippen LogP contribution in [0.15, 0.2) is 0 Å². The van der Waals surface area contributed by atoms with Crippen molar-refractivity contribution in [2.24, 2.45) is 0 Å². The zero-order valence-electron chi connectivity index (χ0n) is 11.3. The van der Waals surface area contributed by atoms with Gasteiger partial charge in [0.1, 0.15) is 0 Å². The van der Waals surface area contributed by atoms with E-state index in [1.807, 2.05) is 7.11 Å². The molecular weight excluding hydrogens is 230 g/mol. The molecule has 2 rings (SSSR count). The summed E-state index contributed by atoms with van der Waals surface area (Å²) in [6.45, 7) is 1.22. The van der Waals surface area contributed by atoms with Crippen molar-refractivity contribution in [1.82, 2.24) is 5.32 Å². The van der Waals surface area contributed by atoms with Crippen LogP contribution in [0.5, 0.6) is 0 Å². The normalized spacial score (nSPS) is 32.8. The van der Waals surface area contributed by atoms with Crippen LogP contribution in [-0.2, 0) is 4.74 Å². The van der Waals surface area contributed by atoms with E-state index in [1.165, 1.54) is 57.9 Å². The highest BCUT2D eigenvalue weighted by Crippen LogP contribution is 2.39. The van der Waals surface area contributed by atoms with Crippen molar-refractivity contribution >= 4 is 11.8 Å². The molecular formula is C14H27NOS. The predicted molar refractivity (Wildman–Crippen MR) is 75.8 cm³/mol. The van der Waals surface area contributed by atoms with Crippen molar-refractivity contribution < 1.29 is 4.74 Å². The van der Waals surface area contributed by atoms with E-state index in [0.717, 1.165) is 6.04 Å². The van der Waals surface area contributed by atoms with Gasteiger partial charge in [0.25, 0.3) is 0 Å². The van der Waals surface area contributed by atoms with Crippen molar-refractivity contribution in [2.45, 2.75) is 68.3 Å². The summed E-state index contributed by atoms with van der Waals surface area (Å²) < 4.78 is 5.98. The third-order valence-corrected chi connectivity index (χ3v) is 6.09. The number of nitrogens with one attached hydrogen (secondary N) is 1. The Hall–Kier alpha value is 0.270. The van der Waals surface area contributed by atoms with Crippen molar-refractivity contribution in [3.05, 3.63) is 0 Å². The van der Waals surface area contributed by atoms with Gasteiger partial charge in [-0.1, -0.05) is 12.8 Å². The molecule has 0 aromatic carbocycles. The average Bonchev–Trinajstić information content (AvgIpc) is 2.86. The van der Waals surface area contributed by atoms with Crippen LogP contribution >= 0.6 is 11.8 Å². The summed E-state index contributed by atoms with van der Waals surface area (Å²) in [5, 5.41) is 3.82. The van der Waals surface area contributed by atoms with Gasteiger partial charge in [0, 0.05) is 24.4 Å². The number of ether oxygens (including phenoxy) is 1. The van der Waals surface area contributed by atoms with Crippen molar-refractivity contribution in [3.63, 3.8) is 0 Å². The molecule has 0 saturated heterocycles. The maximum atomic E-state index is 5.43. The topological polar surface area (TPSA) is 21.3 Å². The third kappa shape index (κ3) is 3.62. The minimum absolute atomic E-state index is 0.522. The largest absolute Gasteiger partial charge is 0.381 e. The van der Waals surface area contributed by atoms with E-state index in [1.54, 1.807) is 0 Å². The highest BCUT2D eigenvalue weighted by molar-refractivity contribution is 8.00. The van der Waals surface area contributed by atoms with Gasteiger partial charge in [-0.25, -0.2) is 0 Å². The second-order valence-electron chi connectivity index (χ2n) is 5.68. The Labute approximate surface area is 110 Å². The maximum absolute atomic E-state index is 5.43. The highest BCUT2D eigenvalue weighted by atomic mass is 32.2. The summed E-state index contributed by atoms with van der Waals surface area (Å²) in [5.74, 6) is 0. The van der Waals surface area contributed by atoms with Gasteiger partial charge in [-0.05, 0) is 44.8 Å².